The van der Waals surface area contributed by atoms with Crippen molar-refractivity contribution >= 4 is 17.7 Å². The van der Waals surface area contributed by atoms with Gasteiger partial charge < -0.3 is 52.7 Å². The molecule has 0 spiro atoms. The van der Waals surface area contributed by atoms with Crippen LogP contribution in [0.3, 0.4) is 0 Å². The number of ether oxygens (including phenoxy) is 10. The summed E-state index contributed by atoms with van der Waals surface area (Å²) in [6.45, 7) is 12.3. The Kier molecular flexibility index (Phi) is 28.1. The summed E-state index contributed by atoms with van der Waals surface area (Å²) < 4.78 is 54.0. The first-order valence-electron chi connectivity index (χ1n) is 15.2. The number of amides is 3. The second-order valence-corrected chi connectivity index (χ2v) is 8.97. The molecule has 15 nitrogen and oxygen atoms in total. The molecule has 0 bridgehead atoms. The lowest BCUT2D eigenvalue weighted by molar-refractivity contribution is -0.137. The van der Waals surface area contributed by atoms with Gasteiger partial charge in [-0.25, -0.2) is 0 Å². The molecule has 3 amide bonds. The van der Waals surface area contributed by atoms with E-state index in [0.29, 0.717) is 139 Å². The molecule has 0 radical (unpaired) electrons. The highest BCUT2D eigenvalue weighted by molar-refractivity contribution is 6.13. The fraction of sp³-hybridized carbons (Fsp3) is 0.828. The molecule has 256 valence electrons. The summed E-state index contributed by atoms with van der Waals surface area (Å²) in [5.74, 6) is -1.04. The van der Waals surface area contributed by atoms with Crippen LogP contribution in [0, 0.1) is 0 Å². The number of hydrogen-bond donors (Lipinski definition) is 1. The third kappa shape index (κ3) is 25.3. The monoisotopic (exact) mass is 636 g/mol. The number of nitrogens with one attached hydrogen (secondary N) is 1. The summed E-state index contributed by atoms with van der Waals surface area (Å²) in [6, 6.07) is 0. The average Bonchev–Trinajstić information content (AvgIpc) is 3.35. The molecule has 0 atom stereocenters. The smallest absolute Gasteiger partial charge is 0.253 e. The molecule has 0 aromatic rings. The van der Waals surface area contributed by atoms with Crippen LogP contribution < -0.4 is 5.32 Å². The van der Waals surface area contributed by atoms with Gasteiger partial charge in [0.05, 0.1) is 126 Å². The van der Waals surface area contributed by atoms with E-state index in [-0.39, 0.29) is 18.9 Å². The minimum atomic E-state index is -0.395. The van der Waals surface area contributed by atoms with E-state index in [9.17, 15) is 14.4 Å². The summed E-state index contributed by atoms with van der Waals surface area (Å²) in [5, 5.41) is 2.68. The molecule has 1 heterocycles. The van der Waals surface area contributed by atoms with Gasteiger partial charge in [-0.2, -0.15) is 0 Å². The number of carbonyl (C=O) groups excluding carboxylic acids is 3. The Balaban J connectivity index is 1.66. The zero-order valence-electron chi connectivity index (χ0n) is 26.2. The van der Waals surface area contributed by atoms with Crippen LogP contribution in [0.15, 0.2) is 12.2 Å². The van der Waals surface area contributed by atoms with Gasteiger partial charge in [-0.3, -0.25) is 19.3 Å². The van der Waals surface area contributed by atoms with Crippen LogP contribution >= 0.6 is 0 Å². The van der Waals surface area contributed by atoms with Crippen LogP contribution in [0.4, 0.5) is 0 Å². The Hall–Kier alpha value is -2.05. The van der Waals surface area contributed by atoms with Crippen molar-refractivity contribution in [3.05, 3.63) is 12.2 Å². The number of rotatable bonds is 34. The first-order chi connectivity index (χ1) is 21.6. The second-order valence-electron chi connectivity index (χ2n) is 8.97. The fourth-order valence-electron chi connectivity index (χ4n) is 3.34. The van der Waals surface area contributed by atoms with Gasteiger partial charge in [-0.15, -0.1) is 0 Å². The molecule has 1 N–H and O–H groups in total. The van der Waals surface area contributed by atoms with E-state index in [2.05, 4.69) is 5.32 Å². The highest BCUT2D eigenvalue weighted by atomic mass is 16.6. The van der Waals surface area contributed by atoms with E-state index >= 15 is 0 Å². The topological polar surface area (TPSA) is 159 Å². The van der Waals surface area contributed by atoms with E-state index < -0.39 is 11.8 Å². The van der Waals surface area contributed by atoms with Crippen molar-refractivity contribution in [2.24, 2.45) is 0 Å². The average molecular weight is 637 g/mol. The van der Waals surface area contributed by atoms with Crippen molar-refractivity contribution in [3.8, 4) is 0 Å². The second kappa shape index (κ2) is 31.0. The van der Waals surface area contributed by atoms with E-state index in [1.165, 1.54) is 12.2 Å². The molecule has 15 heteroatoms. The maximum atomic E-state index is 11.8. The Morgan fingerprint density at radius 3 is 1.14 bits per heavy atom. The summed E-state index contributed by atoms with van der Waals surface area (Å²) in [7, 11) is 0. The van der Waals surface area contributed by atoms with Gasteiger partial charge in [0.2, 0.25) is 5.91 Å². The number of hydrogen-bond acceptors (Lipinski definition) is 13. The highest BCUT2D eigenvalue weighted by Gasteiger charge is 2.23. The van der Waals surface area contributed by atoms with Gasteiger partial charge in [0, 0.05) is 38.3 Å². The van der Waals surface area contributed by atoms with Gasteiger partial charge in [-0.1, -0.05) is 0 Å². The third-order valence-electron chi connectivity index (χ3n) is 5.58. The lowest BCUT2D eigenvalue weighted by atomic mass is 10.3. The summed E-state index contributed by atoms with van der Waals surface area (Å²) in [4.78, 5) is 35.7. The van der Waals surface area contributed by atoms with Gasteiger partial charge in [0.1, 0.15) is 0 Å². The maximum Gasteiger partial charge on any atom is 0.253 e. The van der Waals surface area contributed by atoms with Crippen LogP contribution in [0.1, 0.15) is 13.3 Å². The highest BCUT2D eigenvalue weighted by Crippen LogP contribution is 2.03. The van der Waals surface area contributed by atoms with Crippen molar-refractivity contribution in [2.45, 2.75) is 13.3 Å². The molecular formula is C29H52N2O13. The third-order valence-corrected chi connectivity index (χ3v) is 5.58. The van der Waals surface area contributed by atoms with Crippen molar-refractivity contribution in [3.63, 3.8) is 0 Å². The van der Waals surface area contributed by atoms with E-state index in [1.54, 1.807) is 0 Å². The molecule has 0 aromatic carbocycles. The zero-order chi connectivity index (χ0) is 31.8. The van der Waals surface area contributed by atoms with Crippen molar-refractivity contribution in [1.29, 1.82) is 0 Å². The minimum absolute atomic E-state index is 0.0553. The van der Waals surface area contributed by atoms with Crippen LogP contribution in [-0.2, 0) is 61.8 Å². The van der Waals surface area contributed by atoms with Crippen LogP contribution in [0.5, 0.6) is 0 Å². The number of nitrogens with zero attached hydrogens (tertiary/aromatic N) is 1. The molecule has 0 saturated heterocycles. The predicted molar refractivity (Wildman–Crippen MR) is 157 cm³/mol. The Morgan fingerprint density at radius 1 is 0.523 bits per heavy atom. The summed E-state index contributed by atoms with van der Waals surface area (Å²) in [5.41, 5.74) is 0. The quantitative estimate of drug-likeness (QED) is 0.0719. The van der Waals surface area contributed by atoms with E-state index in [0.717, 1.165) is 4.90 Å². The lowest BCUT2D eigenvalue weighted by Gasteiger charge is -2.13. The molecule has 0 aliphatic carbocycles. The fourth-order valence-corrected chi connectivity index (χ4v) is 3.34. The standard InChI is InChI=1S/C29H52N2O13/c1-2-35-9-10-37-13-14-39-17-18-41-21-22-43-25-26-44-24-23-42-20-19-40-16-15-38-12-11-36-8-6-30-27(32)5-7-31-28(33)3-4-29(31)34/h3-4H,2,5-26H2,1H3,(H,30,32). The molecule has 1 aliphatic heterocycles. The molecule has 44 heavy (non-hydrogen) atoms. The van der Waals surface area contributed by atoms with E-state index in [1.807, 2.05) is 6.92 Å². The Morgan fingerprint density at radius 2 is 0.818 bits per heavy atom. The molecule has 0 saturated carbocycles. The normalized spacial score (nSPS) is 13.0. The molecule has 1 rings (SSSR count). The van der Waals surface area contributed by atoms with Gasteiger partial charge >= 0.3 is 0 Å². The van der Waals surface area contributed by atoms with Crippen LogP contribution in [0.2, 0.25) is 0 Å². The molecule has 0 fully saturated rings. The van der Waals surface area contributed by atoms with Gasteiger partial charge in [0.15, 0.2) is 0 Å². The van der Waals surface area contributed by atoms with Crippen molar-refractivity contribution in [2.75, 3.05) is 145 Å². The number of carbonyl (C=O) groups is 3. The summed E-state index contributed by atoms with van der Waals surface area (Å²) >= 11 is 0. The Bertz CT molecular complexity index is 724. The Labute approximate surface area is 260 Å². The molecule has 0 aromatic heterocycles. The largest absolute Gasteiger partial charge is 0.379 e. The maximum absolute atomic E-state index is 11.8. The van der Waals surface area contributed by atoms with Gasteiger partial charge in [0.25, 0.3) is 11.8 Å². The molecule has 1 aliphatic rings. The predicted octanol–water partition coefficient (Wildman–Crippen LogP) is -0.396. The molecule has 0 unspecified atom stereocenters. The number of imide groups is 1. The first-order valence-corrected chi connectivity index (χ1v) is 15.2. The summed E-state index contributed by atoms with van der Waals surface area (Å²) in [6.07, 6.45) is 2.44. The lowest BCUT2D eigenvalue weighted by Crippen LogP contribution is -2.35. The van der Waals surface area contributed by atoms with Crippen molar-refractivity contribution < 1.29 is 61.8 Å². The van der Waals surface area contributed by atoms with Crippen LogP contribution in [-0.4, -0.2) is 168 Å². The first kappa shape index (κ1) is 40.0. The van der Waals surface area contributed by atoms with Crippen molar-refractivity contribution in [1.82, 2.24) is 10.2 Å². The minimum Gasteiger partial charge on any atom is -0.379 e. The SMILES string of the molecule is CCOCCOCCOCCOCCOCCOCCOCCOCCOCCOCCNC(=O)CCN1C(=O)C=CC1=O. The van der Waals surface area contributed by atoms with Crippen LogP contribution in [0.25, 0.3) is 0 Å². The van der Waals surface area contributed by atoms with E-state index in [4.69, 9.17) is 47.4 Å². The zero-order valence-corrected chi connectivity index (χ0v) is 26.2. The van der Waals surface area contributed by atoms with Gasteiger partial charge in [-0.05, 0) is 6.92 Å². The molecular weight excluding hydrogens is 584 g/mol.